The summed E-state index contributed by atoms with van der Waals surface area (Å²) in [7, 11) is 0. The largest absolute Gasteiger partial charge is 0.670 e. The van der Waals surface area contributed by atoms with Crippen LogP contribution in [-0.4, -0.2) is 24.8 Å². The second-order valence-corrected chi connectivity index (χ2v) is 1.66. The Balaban J connectivity index is 0. The van der Waals surface area contributed by atoms with E-state index in [9.17, 15) is 9.59 Å². The Labute approximate surface area is 84.8 Å². The van der Waals surface area contributed by atoms with Crippen molar-refractivity contribution in [3.8, 4) is 0 Å². The molecule has 0 spiro atoms. The molecular weight excluding hydrogens is 209 g/mol. The van der Waals surface area contributed by atoms with E-state index in [2.05, 4.69) is 5.32 Å². The Morgan fingerprint density at radius 2 is 2.00 bits per heavy atom. The molecule has 0 aromatic heterocycles. The summed E-state index contributed by atoms with van der Waals surface area (Å²) in [4.78, 5) is 20.5. The number of hydrogen-bond donors (Lipinski definition) is 1. The van der Waals surface area contributed by atoms with Crippen LogP contribution in [0.1, 0.15) is 6.92 Å². The monoisotopic (exact) mass is 218 g/mol. The molecule has 0 aromatic rings. The van der Waals surface area contributed by atoms with Crippen LogP contribution in [0.2, 0.25) is 0 Å². The number of Topliss-reactive ketones (excluding diaryl/α,β-unsaturated/α-hetero) is 1. The van der Waals surface area contributed by atoms with E-state index < -0.39 is 5.91 Å². The fourth-order valence-corrected chi connectivity index (χ4v) is 0.286. The van der Waals surface area contributed by atoms with E-state index in [4.69, 9.17) is 5.73 Å². The van der Waals surface area contributed by atoms with Crippen molar-refractivity contribution < 1.29 is 42.3 Å². The number of nitrogens with one attached hydrogen (secondary N) is 2. The molecule has 0 fully saturated rings. The second-order valence-electron chi connectivity index (χ2n) is 1.66. The molecule has 0 bridgehead atoms. The molecule has 2 N–H and O–H groups in total. The van der Waals surface area contributed by atoms with Crippen LogP contribution < -0.4 is 5.32 Å². The van der Waals surface area contributed by atoms with Gasteiger partial charge < -0.3 is 11.1 Å². The van der Waals surface area contributed by atoms with Crippen molar-refractivity contribution >= 4 is 11.7 Å². The Morgan fingerprint density at radius 1 is 1.50 bits per heavy atom. The fraction of sp³-hybridized carbons (Fsp3) is 0.600. The van der Waals surface area contributed by atoms with Crippen LogP contribution >= 0.6 is 0 Å². The van der Waals surface area contributed by atoms with Gasteiger partial charge in [0.2, 0.25) is 0 Å². The van der Waals surface area contributed by atoms with Crippen LogP contribution in [0, 0.1) is 0 Å². The van der Waals surface area contributed by atoms with Gasteiger partial charge in [0.05, 0.1) is 6.54 Å². The molecule has 0 rings (SSSR count). The number of hydrogen-bond acceptors (Lipinski definition) is 2. The van der Waals surface area contributed by atoms with E-state index in [1.54, 1.807) is 0 Å². The van der Waals surface area contributed by atoms with E-state index in [1.807, 2.05) is 0 Å². The third-order valence-corrected chi connectivity index (χ3v) is 0.695. The van der Waals surface area contributed by atoms with Crippen LogP contribution in [0.4, 0.5) is 0 Å². The van der Waals surface area contributed by atoms with Gasteiger partial charge in [-0.2, -0.15) is 0 Å². The summed E-state index contributed by atoms with van der Waals surface area (Å²) in [6.07, 6.45) is 0. The van der Waals surface area contributed by atoms with Gasteiger partial charge >= 0.3 is 0 Å². The minimum atomic E-state index is -0.412. The number of carbonyl (C=O) groups is 2. The second kappa shape index (κ2) is 7.31. The average molecular weight is 218 g/mol. The molecule has 1 radical (unpaired) electrons. The molecule has 0 saturated carbocycles. The van der Waals surface area contributed by atoms with Crippen LogP contribution in [0.15, 0.2) is 0 Å². The topological polar surface area (TPSA) is 70.0 Å². The first-order chi connectivity index (χ1) is 4.16. The third kappa shape index (κ3) is 8.20. The normalized spacial score (nSPS) is 7.80. The molecule has 0 unspecified atom stereocenters. The molecule has 4 nitrogen and oxygen atoms in total. The average Bonchev–Trinajstić information content (AvgIpc) is 1.83. The van der Waals surface area contributed by atoms with Gasteiger partial charge in [-0.05, 0) is 6.92 Å². The van der Waals surface area contributed by atoms with E-state index in [0.717, 1.165) is 0 Å². The van der Waals surface area contributed by atoms with Crippen molar-refractivity contribution in [1.82, 2.24) is 5.32 Å². The maximum Gasteiger partial charge on any atom is 0.199 e. The summed E-state index contributed by atoms with van der Waals surface area (Å²) in [5.74, 6) is -0.512. The van der Waals surface area contributed by atoms with E-state index in [-0.39, 0.29) is 51.6 Å². The van der Waals surface area contributed by atoms with Crippen molar-refractivity contribution in [2.45, 2.75) is 6.92 Å². The first-order valence-electron chi connectivity index (χ1n) is 2.57. The summed E-state index contributed by atoms with van der Waals surface area (Å²) < 4.78 is 0. The van der Waals surface area contributed by atoms with Crippen molar-refractivity contribution in [3.63, 3.8) is 0 Å². The van der Waals surface area contributed by atoms with Crippen LogP contribution in [0.25, 0.3) is 5.73 Å². The summed E-state index contributed by atoms with van der Waals surface area (Å²) in [5, 5.41) is 2.26. The predicted octanol–water partition coefficient (Wildman–Crippen LogP) is -0.259. The Kier molecular flexibility index (Phi) is 9.39. The summed E-state index contributed by atoms with van der Waals surface area (Å²) in [6, 6.07) is 0. The third-order valence-electron chi connectivity index (χ3n) is 0.695. The first-order valence-corrected chi connectivity index (χ1v) is 2.57. The zero-order valence-corrected chi connectivity index (χ0v) is 8.65. The Hall–Kier alpha value is 0.204. The zero-order chi connectivity index (χ0) is 7.28. The predicted molar refractivity (Wildman–Crippen MR) is 32.9 cm³/mol. The van der Waals surface area contributed by atoms with Gasteiger partial charge in [0, 0.05) is 32.7 Å². The van der Waals surface area contributed by atoms with Crippen molar-refractivity contribution in [3.05, 3.63) is 5.73 Å². The van der Waals surface area contributed by atoms with Crippen molar-refractivity contribution in [1.29, 1.82) is 0 Å². The number of rotatable bonds is 3. The molecule has 0 aliphatic rings. The van der Waals surface area contributed by atoms with Gasteiger partial charge in [-0.15, -0.1) is 0 Å². The van der Waals surface area contributed by atoms with Crippen LogP contribution in [-0.2, 0) is 42.3 Å². The maximum absolute atomic E-state index is 10.3. The smallest absolute Gasteiger partial charge is 0.199 e. The fourth-order valence-electron chi connectivity index (χ4n) is 0.286. The standard InChI is InChI=1S/C5H9N2O2.Y/c1-4(8)3-7-5(9)2-6;/h6H,2-3H2,1H3,(H,7,9);/q-1;. The maximum atomic E-state index is 10.3. The minimum absolute atomic E-state index is 0. The van der Waals surface area contributed by atoms with Crippen molar-refractivity contribution in [2.75, 3.05) is 13.1 Å². The van der Waals surface area contributed by atoms with Crippen LogP contribution in [0.5, 0.6) is 0 Å². The van der Waals surface area contributed by atoms with Gasteiger partial charge in [0.15, 0.2) is 5.91 Å². The van der Waals surface area contributed by atoms with Gasteiger partial charge in [-0.25, -0.2) is 0 Å². The molecular formula is C5H9N2O2Y-. The molecule has 0 heterocycles. The van der Waals surface area contributed by atoms with Gasteiger partial charge in [0.25, 0.3) is 0 Å². The van der Waals surface area contributed by atoms with Crippen molar-refractivity contribution in [2.24, 2.45) is 0 Å². The molecule has 0 saturated heterocycles. The number of amides is 1. The quantitative estimate of drug-likeness (QED) is 0.708. The van der Waals surface area contributed by atoms with E-state index in [1.165, 1.54) is 6.92 Å². The molecule has 5 heteroatoms. The summed E-state index contributed by atoms with van der Waals surface area (Å²) >= 11 is 0. The molecule has 10 heavy (non-hydrogen) atoms. The Bertz CT molecular complexity index is 127. The Morgan fingerprint density at radius 3 is 2.30 bits per heavy atom. The minimum Gasteiger partial charge on any atom is -0.670 e. The molecule has 0 atom stereocenters. The number of ketones is 1. The molecule has 55 valence electrons. The summed E-state index contributed by atoms with van der Waals surface area (Å²) in [5.41, 5.74) is 6.53. The van der Waals surface area contributed by atoms with Crippen LogP contribution in [0.3, 0.4) is 0 Å². The van der Waals surface area contributed by atoms with E-state index >= 15 is 0 Å². The van der Waals surface area contributed by atoms with Gasteiger partial charge in [0.1, 0.15) is 5.78 Å². The molecule has 0 aromatic carbocycles. The first kappa shape index (κ1) is 12.8. The van der Waals surface area contributed by atoms with Gasteiger partial charge in [-0.3, -0.25) is 9.59 Å². The molecule has 0 aliphatic carbocycles. The molecule has 0 aliphatic heterocycles. The zero-order valence-electron chi connectivity index (χ0n) is 5.81. The van der Waals surface area contributed by atoms with E-state index in [0.29, 0.717) is 0 Å². The SMILES string of the molecule is CC(=O)CNC(=O)C[NH-].[Y]. The molecule has 1 amide bonds. The summed E-state index contributed by atoms with van der Waals surface area (Å²) in [6.45, 7) is 1.11. The number of carbonyl (C=O) groups excluding carboxylic acids is 2. The van der Waals surface area contributed by atoms with Gasteiger partial charge in [-0.1, -0.05) is 6.54 Å².